The zero-order chi connectivity index (χ0) is 11.0. The first kappa shape index (κ1) is 14.0. The van der Waals surface area contributed by atoms with Crippen LogP contribution in [0.4, 0.5) is 0 Å². The van der Waals surface area contributed by atoms with Gasteiger partial charge in [0.05, 0.1) is 0 Å². The predicted octanol–water partition coefficient (Wildman–Crippen LogP) is 5.28. The van der Waals surface area contributed by atoms with Gasteiger partial charge in [0.2, 0.25) is 0 Å². The summed E-state index contributed by atoms with van der Waals surface area (Å²) >= 11 is 0. The monoisotopic (exact) mass is 198 g/mol. The quantitative estimate of drug-likeness (QED) is 0.498. The maximum Gasteiger partial charge on any atom is -0.0391 e. The van der Waals surface area contributed by atoms with Crippen LogP contribution in [0.5, 0.6) is 0 Å². The van der Waals surface area contributed by atoms with E-state index < -0.39 is 0 Å². The van der Waals surface area contributed by atoms with Gasteiger partial charge in [-0.1, -0.05) is 66.7 Å². The molecule has 0 saturated heterocycles. The molecule has 0 bridgehead atoms. The molecule has 2 atom stereocenters. The van der Waals surface area contributed by atoms with Crippen LogP contribution in [0.3, 0.4) is 0 Å². The van der Waals surface area contributed by atoms with E-state index in [4.69, 9.17) is 0 Å². The molecular formula is C14H30. The molecule has 0 nitrogen and oxygen atoms in total. The fraction of sp³-hybridized carbons (Fsp3) is 1.00. The second-order valence-electron chi connectivity index (χ2n) is 4.81. The molecule has 0 aromatic rings. The van der Waals surface area contributed by atoms with Crippen molar-refractivity contribution in [2.45, 2.75) is 73.1 Å². The first-order valence-electron chi connectivity index (χ1n) is 6.69. The van der Waals surface area contributed by atoms with E-state index in [1.807, 2.05) is 0 Å². The van der Waals surface area contributed by atoms with Crippen molar-refractivity contribution in [3.8, 4) is 0 Å². The van der Waals surface area contributed by atoms with Gasteiger partial charge < -0.3 is 0 Å². The summed E-state index contributed by atoms with van der Waals surface area (Å²) in [5.74, 6) is 2.88. The van der Waals surface area contributed by atoms with Crippen LogP contribution in [0, 0.1) is 17.8 Å². The van der Waals surface area contributed by atoms with Crippen molar-refractivity contribution in [3.05, 3.63) is 0 Å². The predicted molar refractivity (Wildman–Crippen MR) is 66.5 cm³/mol. The molecule has 0 radical (unpaired) electrons. The van der Waals surface area contributed by atoms with E-state index in [1.165, 1.54) is 38.5 Å². The summed E-state index contributed by atoms with van der Waals surface area (Å²) < 4.78 is 0. The van der Waals surface area contributed by atoms with Gasteiger partial charge in [-0.25, -0.2) is 0 Å². The Morgan fingerprint density at radius 1 is 0.714 bits per heavy atom. The molecule has 0 saturated carbocycles. The minimum atomic E-state index is 0.925. The Hall–Kier alpha value is 0. The van der Waals surface area contributed by atoms with Crippen LogP contribution >= 0.6 is 0 Å². The highest BCUT2D eigenvalue weighted by Crippen LogP contribution is 2.27. The molecular weight excluding hydrogens is 168 g/mol. The molecule has 0 aromatic carbocycles. The van der Waals surface area contributed by atoms with Crippen LogP contribution in [-0.4, -0.2) is 0 Å². The maximum atomic E-state index is 2.42. The molecule has 2 unspecified atom stereocenters. The van der Waals surface area contributed by atoms with Crippen LogP contribution in [0.15, 0.2) is 0 Å². The fourth-order valence-corrected chi connectivity index (χ4v) is 2.37. The third-order valence-electron chi connectivity index (χ3n) is 4.07. The largest absolute Gasteiger partial charge is 0.0651 e. The second-order valence-corrected chi connectivity index (χ2v) is 4.81. The smallest absolute Gasteiger partial charge is 0.0391 e. The van der Waals surface area contributed by atoms with Crippen molar-refractivity contribution in [1.29, 1.82) is 0 Å². The zero-order valence-electron chi connectivity index (χ0n) is 11.0. The van der Waals surface area contributed by atoms with E-state index in [-0.39, 0.29) is 0 Å². The molecule has 0 fully saturated rings. The maximum absolute atomic E-state index is 2.42. The minimum absolute atomic E-state index is 0.925. The average molecular weight is 198 g/mol. The Labute approximate surface area is 91.5 Å². The molecule has 0 rings (SSSR count). The Kier molecular flexibility index (Phi) is 8.32. The lowest BCUT2D eigenvalue weighted by Crippen LogP contribution is -2.12. The van der Waals surface area contributed by atoms with Crippen molar-refractivity contribution >= 4 is 0 Å². The van der Waals surface area contributed by atoms with Crippen molar-refractivity contribution in [1.82, 2.24) is 0 Å². The highest BCUT2D eigenvalue weighted by atomic mass is 14.2. The van der Waals surface area contributed by atoms with Crippen molar-refractivity contribution in [2.24, 2.45) is 17.8 Å². The Morgan fingerprint density at radius 3 is 1.64 bits per heavy atom. The van der Waals surface area contributed by atoms with Crippen molar-refractivity contribution in [3.63, 3.8) is 0 Å². The molecule has 0 aromatic heterocycles. The number of rotatable bonds is 8. The lowest BCUT2D eigenvalue weighted by Gasteiger charge is -2.23. The van der Waals surface area contributed by atoms with Crippen LogP contribution < -0.4 is 0 Å². The molecule has 0 aliphatic heterocycles. The molecule has 0 heteroatoms. The SMILES string of the molecule is CCC(CC)CCC(CC)C(C)CC. The topological polar surface area (TPSA) is 0 Å². The molecule has 0 amide bonds. The van der Waals surface area contributed by atoms with Gasteiger partial charge in [0.1, 0.15) is 0 Å². The standard InChI is InChI=1S/C14H30/c1-6-12(5)14(9-4)11-10-13(7-2)8-3/h12-14H,6-11H2,1-5H3. The van der Waals surface area contributed by atoms with Crippen LogP contribution in [0.2, 0.25) is 0 Å². The van der Waals surface area contributed by atoms with E-state index in [0.717, 1.165) is 17.8 Å². The lowest BCUT2D eigenvalue weighted by molar-refractivity contribution is 0.283. The second kappa shape index (κ2) is 8.32. The van der Waals surface area contributed by atoms with Gasteiger partial charge in [0.25, 0.3) is 0 Å². The Bertz CT molecular complexity index is 113. The molecule has 0 heterocycles. The Balaban J connectivity index is 3.81. The molecule has 0 N–H and O–H groups in total. The summed E-state index contributed by atoms with van der Waals surface area (Å²) in [5.41, 5.74) is 0. The van der Waals surface area contributed by atoms with Gasteiger partial charge in [0, 0.05) is 0 Å². The lowest BCUT2D eigenvalue weighted by atomic mass is 9.83. The summed E-state index contributed by atoms with van der Waals surface area (Å²) in [6, 6.07) is 0. The average Bonchev–Trinajstić information content (AvgIpc) is 2.24. The molecule has 14 heavy (non-hydrogen) atoms. The van der Waals surface area contributed by atoms with E-state index >= 15 is 0 Å². The van der Waals surface area contributed by atoms with Crippen molar-refractivity contribution < 1.29 is 0 Å². The van der Waals surface area contributed by atoms with Gasteiger partial charge in [0.15, 0.2) is 0 Å². The third-order valence-corrected chi connectivity index (χ3v) is 4.07. The summed E-state index contributed by atoms with van der Waals surface area (Å²) in [6.45, 7) is 11.8. The van der Waals surface area contributed by atoms with E-state index in [9.17, 15) is 0 Å². The number of hydrogen-bond donors (Lipinski definition) is 0. The minimum Gasteiger partial charge on any atom is -0.0651 e. The fourth-order valence-electron chi connectivity index (χ4n) is 2.37. The van der Waals surface area contributed by atoms with E-state index in [0.29, 0.717) is 0 Å². The van der Waals surface area contributed by atoms with E-state index in [2.05, 4.69) is 34.6 Å². The summed E-state index contributed by atoms with van der Waals surface area (Å²) in [7, 11) is 0. The van der Waals surface area contributed by atoms with Crippen LogP contribution in [0.1, 0.15) is 73.1 Å². The van der Waals surface area contributed by atoms with Gasteiger partial charge >= 0.3 is 0 Å². The summed E-state index contributed by atoms with van der Waals surface area (Å²) in [6.07, 6.45) is 8.37. The normalized spacial score (nSPS) is 15.9. The van der Waals surface area contributed by atoms with Gasteiger partial charge in [-0.3, -0.25) is 0 Å². The highest BCUT2D eigenvalue weighted by Gasteiger charge is 2.15. The zero-order valence-corrected chi connectivity index (χ0v) is 11.0. The van der Waals surface area contributed by atoms with E-state index in [1.54, 1.807) is 0 Å². The summed E-state index contributed by atoms with van der Waals surface area (Å²) in [5, 5.41) is 0. The highest BCUT2D eigenvalue weighted by molar-refractivity contribution is 4.66. The van der Waals surface area contributed by atoms with Gasteiger partial charge in [-0.2, -0.15) is 0 Å². The Morgan fingerprint density at radius 2 is 1.29 bits per heavy atom. The molecule has 0 spiro atoms. The first-order valence-corrected chi connectivity index (χ1v) is 6.69. The third kappa shape index (κ3) is 5.02. The van der Waals surface area contributed by atoms with Gasteiger partial charge in [-0.05, 0) is 24.2 Å². The van der Waals surface area contributed by atoms with Crippen molar-refractivity contribution in [2.75, 3.05) is 0 Å². The molecule has 0 aliphatic rings. The summed E-state index contributed by atoms with van der Waals surface area (Å²) in [4.78, 5) is 0. The number of hydrogen-bond acceptors (Lipinski definition) is 0. The molecule has 0 aliphatic carbocycles. The van der Waals surface area contributed by atoms with Crippen LogP contribution in [-0.2, 0) is 0 Å². The van der Waals surface area contributed by atoms with Crippen LogP contribution in [0.25, 0.3) is 0 Å². The first-order chi connectivity index (χ1) is 6.69. The van der Waals surface area contributed by atoms with Gasteiger partial charge in [-0.15, -0.1) is 0 Å². The molecule has 86 valence electrons.